The van der Waals surface area contributed by atoms with E-state index in [4.69, 9.17) is 16.3 Å². The third-order valence-electron chi connectivity index (χ3n) is 3.70. The number of anilines is 2. The number of methoxy groups -OCH3 is 1. The molecule has 0 saturated heterocycles. The van der Waals surface area contributed by atoms with E-state index >= 15 is 0 Å². The van der Waals surface area contributed by atoms with Gasteiger partial charge >= 0.3 is 6.18 Å². The van der Waals surface area contributed by atoms with Gasteiger partial charge in [-0.25, -0.2) is 8.42 Å². The first-order chi connectivity index (χ1) is 12.0. The molecule has 3 rings (SSSR count). The summed E-state index contributed by atoms with van der Waals surface area (Å²) in [5.74, 6) is -0.0508. The molecule has 0 fully saturated rings. The van der Waals surface area contributed by atoms with E-state index in [-0.39, 0.29) is 22.5 Å². The number of nitrogens with one attached hydrogen (secondary N) is 1. The Hall–Kier alpha value is -2.53. The van der Waals surface area contributed by atoms with Crippen molar-refractivity contribution in [2.45, 2.75) is 16.0 Å². The second kappa shape index (κ2) is 5.74. The molecule has 0 aliphatic carbocycles. The number of hydrogen-bond acceptors (Lipinski definition) is 6. The summed E-state index contributed by atoms with van der Waals surface area (Å²) in [6.07, 6.45) is -5.04. The molecule has 2 aromatic rings. The zero-order valence-corrected chi connectivity index (χ0v) is 14.3. The minimum absolute atomic E-state index is 0.0508. The molecule has 2 aromatic carbocycles. The van der Waals surface area contributed by atoms with E-state index in [2.05, 4.69) is 5.32 Å². The van der Waals surface area contributed by atoms with Crippen molar-refractivity contribution in [1.82, 2.24) is 0 Å². The fraction of sp³-hybridized carbons (Fsp3) is 0.143. The van der Waals surface area contributed by atoms with Crippen LogP contribution < -0.4 is 10.1 Å². The molecule has 1 aliphatic rings. The van der Waals surface area contributed by atoms with Crippen molar-refractivity contribution in [3.63, 3.8) is 0 Å². The quantitative estimate of drug-likeness (QED) is 0.505. The molecular weight excluding hydrogens is 401 g/mol. The average Bonchev–Trinajstić information content (AvgIpc) is 2.53. The fourth-order valence-electron chi connectivity index (χ4n) is 2.60. The molecule has 0 radical (unpaired) electrons. The predicted molar refractivity (Wildman–Crippen MR) is 84.8 cm³/mol. The molecule has 0 saturated carbocycles. The van der Waals surface area contributed by atoms with Crippen molar-refractivity contribution in [3.05, 3.63) is 45.0 Å². The predicted octanol–water partition coefficient (Wildman–Crippen LogP) is 4.17. The summed E-state index contributed by atoms with van der Waals surface area (Å²) in [6.45, 7) is 0. The molecule has 1 aliphatic heterocycles. The van der Waals surface area contributed by atoms with E-state index < -0.39 is 47.7 Å². The van der Waals surface area contributed by atoms with Gasteiger partial charge in [-0.05, 0) is 12.1 Å². The molecule has 12 heteroatoms. The minimum atomic E-state index is -5.04. The summed E-state index contributed by atoms with van der Waals surface area (Å²) in [5.41, 5.74) is -3.59. The molecule has 0 unspecified atom stereocenters. The van der Waals surface area contributed by atoms with Gasteiger partial charge in [-0.15, -0.1) is 0 Å². The van der Waals surface area contributed by atoms with Crippen LogP contribution in [0.25, 0.3) is 0 Å². The first-order valence-electron chi connectivity index (χ1n) is 6.76. The number of non-ortho nitro benzene ring substituents is 1. The maximum atomic E-state index is 13.4. The van der Waals surface area contributed by atoms with Crippen LogP contribution in [-0.2, 0) is 16.0 Å². The lowest BCUT2D eigenvalue weighted by Crippen LogP contribution is -2.20. The van der Waals surface area contributed by atoms with E-state index in [1.807, 2.05) is 0 Å². The van der Waals surface area contributed by atoms with E-state index in [1.54, 1.807) is 0 Å². The Kier molecular flexibility index (Phi) is 4.03. The van der Waals surface area contributed by atoms with E-state index in [1.165, 1.54) is 19.2 Å². The summed E-state index contributed by atoms with van der Waals surface area (Å²) in [6, 6.07) is 3.31. The topological polar surface area (TPSA) is 98.5 Å². The van der Waals surface area contributed by atoms with Crippen molar-refractivity contribution in [2.24, 2.45) is 0 Å². The number of fused-ring (bicyclic) bond motifs is 2. The Balaban J connectivity index is 2.45. The third-order valence-corrected chi connectivity index (χ3v) is 5.99. The number of hydrogen-bond donors (Lipinski definition) is 1. The van der Waals surface area contributed by atoms with Crippen LogP contribution in [0.1, 0.15) is 5.56 Å². The molecule has 0 aromatic heterocycles. The molecule has 26 heavy (non-hydrogen) atoms. The molecule has 1 N–H and O–H groups in total. The first kappa shape index (κ1) is 18.3. The summed E-state index contributed by atoms with van der Waals surface area (Å²) in [7, 11) is -3.38. The molecular formula is C14H8ClF3N2O5S. The van der Waals surface area contributed by atoms with Gasteiger partial charge in [-0.3, -0.25) is 10.1 Å². The summed E-state index contributed by atoms with van der Waals surface area (Å²) in [5, 5.41) is 13.1. The molecule has 7 nitrogen and oxygen atoms in total. The average molecular weight is 409 g/mol. The van der Waals surface area contributed by atoms with E-state index in [0.717, 1.165) is 0 Å². The van der Waals surface area contributed by atoms with Gasteiger partial charge in [0, 0.05) is 12.1 Å². The van der Waals surface area contributed by atoms with Crippen LogP contribution in [0.15, 0.2) is 34.1 Å². The van der Waals surface area contributed by atoms with Gasteiger partial charge in [0.2, 0.25) is 9.84 Å². The molecule has 138 valence electrons. The number of alkyl halides is 3. The minimum Gasteiger partial charge on any atom is -0.495 e. The van der Waals surface area contributed by atoms with Crippen molar-refractivity contribution < 1.29 is 31.2 Å². The lowest BCUT2D eigenvalue weighted by Gasteiger charge is -2.26. The van der Waals surface area contributed by atoms with Gasteiger partial charge in [0.1, 0.15) is 21.2 Å². The lowest BCUT2D eigenvalue weighted by molar-refractivity contribution is -0.385. The van der Waals surface area contributed by atoms with Crippen LogP contribution in [0.5, 0.6) is 5.75 Å². The fourth-order valence-corrected chi connectivity index (χ4v) is 4.73. The Morgan fingerprint density at radius 3 is 2.42 bits per heavy atom. The number of benzene rings is 2. The second-order valence-corrected chi connectivity index (χ2v) is 7.47. The molecule has 1 heterocycles. The number of sulfone groups is 1. The van der Waals surface area contributed by atoms with Crippen LogP contribution in [-0.4, -0.2) is 20.5 Å². The zero-order chi connectivity index (χ0) is 19.4. The number of nitrogens with zero attached hydrogens (tertiary/aromatic N) is 1. The van der Waals surface area contributed by atoms with Gasteiger partial charge in [0.05, 0.1) is 28.3 Å². The highest BCUT2D eigenvalue weighted by Crippen LogP contribution is 2.51. The van der Waals surface area contributed by atoms with Gasteiger partial charge in [-0.1, -0.05) is 11.6 Å². The van der Waals surface area contributed by atoms with Gasteiger partial charge in [0.25, 0.3) is 5.69 Å². The van der Waals surface area contributed by atoms with Crippen LogP contribution in [0.2, 0.25) is 5.02 Å². The number of ether oxygens (including phenoxy) is 1. The molecule has 0 atom stereocenters. The molecule has 0 bridgehead atoms. The number of halogens is 4. The van der Waals surface area contributed by atoms with Crippen molar-refractivity contribution in [3.8, 4) is 5.75 Å². The van der Waals surface area contributed by atoms with E-state index in [0.29, 0.717) is 6.07 Å². The first-order valence-corrected chi connectivity index (χ1v) is 8.63. The Bertz CT molecular complexity index is 1050. The Morgan fingerprint density at radius 1 is 1.23 bits per heavy atom. The van der Waals surface area contributed by atoms with Crippen molar-refractivity contribution in [1.29, 1.82) is 0 Å². The van der Waals surface area contributed by atoms with Crippen LogP contribution >= 0.6 is 11.6 Å². The third kappa shape index (κ3) is 2.63. The van der Waals surface area contributed by atoms with Crippen LogP contribution in [0.3, 0.4) is 0 Å². The highest BCUT2D eigenvalue weighted by Gasteiger charge is 2.43. The molecule has 0 spiro atoms. The molecule has 0 amide bonds. The lowest BCUT2D eigenvalue weighted by atomic mass is 10.1. The number of nitro benzene ring substituents is 1. The maximum absolute atomic E-state index is 13.4. The number of rotatable bonds is 2. The van der Waals surface area contributed by atoms with Crippen molar-refractivity contribution in [2.75, 3.05) is 12.4 Å². The largest absolute Gasteiger partial charge is 0.495 e. The maximum Gasteiger partial charge on any atom is 0.418 e. The second-order valence-electron chi connectivity index (χ2n) is 5.20. The normalized spacial score (nSPS) is 14.8. The van der Waals surface area contributed by atoms with Crippen LogP contribution in [0, 0.1) is 10.1 Å². The standard InChI is InChI=1S/C14H8ClF3N2O5S/c1-25-9-3-2-8(15)13-12(9)19-11-7(14(16,17)18)4-6(20(21)22)5-10(11)26(13,23)24/h2-5,19H,1H3. The van der Waals surface area contributed by atoms with Gasteiger partial charge in [0.15, 0.2) is 0 Å². The monoisotopic (exact) mass is 408 g/mol. The highest BCUT2D eigenvalue weighted by molar-refractivity contribution is 7.92. The SMILES string of the molecule is COc1ccc(Cl)c2c1Nc1c(C(F)(F)F)cc([N+](=O)[O-])cc1S2(=O)=O. The van der Waals surface area contributed by atoms with Gasteiger partial charge in [-0.2, -0.15) is 13.2 Å². The van der Waals surface area contributed by atoms with E-state index in [9.17, 15) is 31.7 Å². The highest BCUT2D eigenvalue weighted by atomic mass is 35.5. The number of nitro groups is 1. The summed E-state index contributed by atoms with van der Waals surface area (Å²) >= 11 is 5.92. The Morgan fingerprint density at radius 2 is 1.88 bits per heavy atom. The van der Waals surface area contributed by atoms with Crippen LogP contribution in [0.4, 0.5) is 30.2 Å². The van der Waals surface area contributed by atoms with Gasteiger partial charge < -0.3 is 10.1 Å². The Labute approximate surface area is 149 Å². The zero-order valence-electron chi connectivity index (χ0n) is 12.7. The smallest absolute Gasteiger partial charge is 0.418 e. The van der Waals surface area contributed by atoms with Crippen molar-refractivity contribution >= 4 is 38.5 Å². The summed E-state index contributed by atoms with van der Waals surface area (Å²) < 4.78 is 70.9. The summed E-state index contributed by atoms with van der Waals surface area (Å²) in [4.78, 5) is 8.46.